The first-order chi connectivity index (χ1) is 9.20. The highest BCUT2D eigenvalue weighted by Crippen LogP contribution is 2.40. The molecule has 1 aliphatic carbocycles. The summed E-state index contributed by atoms with van der Waals surface area (Å²) >= 11 is 1.54. The molecule has 102 valence electrons. The third kappa shape index (κ3) is 2.23. The van der Waals surface area contributed by atoms with Crippen LogP contribution >= 0.6 is 11.3 Å². The summed E-state index contributed by atoms with van der Waals surface area (Å²) in [7, 11) is 0. The number of carbonyl (C=O) groups is 1. The topological polar surface area (TPSA) is 29.5 Å². The van der Waals surface area contributed by atoms with Gasteiger partial charge < -0.3 is 9.64 Å². The maximum Gasteiger partial charge on any atom is 0.264 e. The quantitative estimate of drug-likeness (QED) is 0.792. The summed E-state index contributed by atoms with van der Waals surface area (Å²) in [5.74, 6) is 0.802. The lowest BCUT2D eigenvalue weighted by atomic mass is 10.1. The Morgan fingerprint density at radius 1 is 1.63 bits per heavy atom. The van der Waals surface area contributed by atoms with E-state index in [-0.39, 0.29) is 18.1 Å². The molecule has 1 amide bonds. The summed E-state index contributed by atoms with van der Waals surface area (Å²) < 4.78 is 5.81. The molecule has 3 atom stereocenters. The molecule has 0 radical (unpaired) electrons. The van der Waals surface area contributed by atoms with Crippen molar-refractivity contribution < 1.29 is 9.53 Å². The van der Waals surface area contributed by atoms with E-state index in [1.165, 1.54) is 0 Å². The maximum atomic E-state index is 12.6. The third-order valence-electron chi connectivity index (χ3n) is 4.17. The number of nitrogens with zero attached hydrogens (tertiary/aromatic N) is 1. The number of amides is 1. The largest absolute Gasteiger partial charge is 0.372 e. The highest BCUT2D eigenvalue weighted by molar-refractivity contribution is 7.12. The molecule has 2 aliphatic rings. The van der Waals surface area contributed by atoms with Crippen LogP contribution in [0.2, 0.25) is 0 Å². The van der Waals surface area contributed by atoms with Crippen molar-refractivity contribution in [3.05, 3.63) is 34.5 Å². The first-order valence-corrected chi connectivity index (χ1v) is 7.66. The van der Waals surface area contributed by atoms with Crippen LogP contribution in [0, 0.1) is 12.8 Å². The van der Waals surface area contributed by atoms with Gasteiger partial charge in [0, 0.05) is 6.54 Å². The van der Waals surface area contributed by atoms with Crippen LogP contribution in [-0.2, 0) is 4.74 Å². The molecule has 1 saturated heterocycles. The Kier molecular flexibility index (Phi) is 3.46. The van der Waals surface area contributed by atoms with E-state index >= 15 is 0 Å². The van der Waals surface area contributed by atoms with Crippen molar-refractivity contribution in [2.24, 2.45) is 5.92 Å². The maximum absolute atomic E-state index is 12.6. The van der Waals surface area contributed by atoms with E-state index in [0.717, 1.165) is 29.8 Å². The van der Waals surface area contributed by atoms with E-state index in [0.29, 0.717) is 12.5 Å². The minimum Gasteiger partial charge on any atom is -0.372 e. The summed E-state index contributed by atoms with van der Waals surface area (Å²) in [6.07, 6.45) is 4.16. The van der Waals surface area contributed by atoms with Crippen molar-refractivity contribution in [3.63, 3.8) is 0 Å². The molecule has 0 unspecified atom stereocenters. The molecule has 2 fully saturated rings. The molecule has 1 aliphatic heterocycles. The summed E-state index contributed by atoms with van der Waals surface area (Å²) in [6, 6.07) is 2.27. The Balaban J connectivity index is 1.74. The first kappa shape index (κ1) is 12.9. The minimum atomic E-state index is 0.187. The van der Waals surface area contributed by atoms with Crippen molar-refractivity contribution in [2.45, 2.75) is 31.9 Å². The van der Waals surface area contributed by atoms with Gasteiger partial charge in [-0.2, -0.15) is 0 Å². The second-order valence-corrected chi connectivity index (χ2v) is 6.37. The fourth-order valence-electron chi connectivity index (χ4n) is 3.29. The molecule has 2 bridgehead atoms. The van der Waals surface area contributed by atoms with E-state index in [1.54, 1.807) is 17.4 Å². The predicted molar refractivity (Wildman–Crippen MR) is 76.5 cm³/mol. The Morgan fingerprint density at radius 2 is 2.47 bits per heavy atom. The molecular formula is C15H19NO2S. The third-order valence-corrected chi connectivity index (χ3v) is 5.17. The second-order valence-electron chi connectivity index (χ2n) is 5.46. The van der Waals surface area contributed by atoms with E-state index in [4.69, 9.17) is 4.74 Å². The number of piperidine rings is 1. The Hall–Kier alpha value is -1.13. The van der Waals surface area contributed by atoms with Gasteiger partial charge in [-0.05, 0) is 42.7 Å². The van der Waals surface area contributed by atoms with Crippen LogP contribution in [0.25, 0.3) is 0 Å². The monoisotopic (exact) mass is 277 g/mol. The van der Waals surface area contributed by atoms with Gasteiger partial charge in [0.2, 0.25) is 0 Å². The average Bonchev–Trinajstić information content (AvgIpc) is 3.09. The Morgan fingerprint density at radius 3 is 3.11 bits per heavy atom. The minimum absolute atomic E-state index is 0.187. The summed E-state index contributed by atoms with van der Waals surface area (Å²) in [5, 5.41) is 1.99. The number of rotatable bonds is 4. The lowest BCUT2D eigenvalue weighted by Gasteiger charge is -2.33. The van der Waals surface area contributed by atoms with Gasteiger partial charge in [0.15, 0.2) is 0 Å². The van der Waals surface area contributed by atoms with Gasteiger partial charge in [0.05, 0.1) is 23.6 Å². The Labute approximate surface area is 117 Å². The number of aryl methyl sites for hydroxylation is 1. The van der Waals surface area contributed by atoms with Crippen LogP contribution in [0.3, 0.4) is 0 Å². The van der Waals surface area contributed by atoms with Gasteiger partial charge in [-0.3, -0.25) is 4.79 Å². The number of hydrogen-bond donors (Lipinski definition) is 0. The van der Waals surface area contributed by atoms with Crippen molar-refractivity contribution in [1.82, 2.24) is 4.90 Å². The van der Waals surface area contributed by atoms with Crippen LogP contribution < -0.4 is 0 Å². The normalized spacial score (nSPS) is 28.9. The SMILES string of the molecule is C=CCO[C@@H]1C[C@H]2C[C@H]1N(C(=O)c1sccc1C)C2. The summed E-state index contributed by atoms with van der Waals surface area (Å²) in [6.45, 7) is 7.16. The molecule has 1 aromatic rings. The number of thiophene rings is 1. The first-order valence-electron chi connectivity index (χ1n) is 6.78. The molecule has 1 saturated carbocycles. The van der Waals surface area contributed by atoms with Crippen LogP contribution in [0.5, 0.6) is 0 Å². The van der Waals surface area contributed by atoms with Crippen LogP contribution in [0.4, 0.5) is 0 Å². The lowest BCUT2D eigenvalue weighted by molar-refractivity contribution is 0.00485. The van der Waals surface area contributed by atoms with Gasteiger partial charge in [-0.1, -0.05) is 6.08 Å². The van der Waals surface area contributed by atoms with Gasteiger partial charge in [0.25, 0.3) is 5.91 Å². The van der Waals surface area contributed by atoms with Crippen molar-refractivity contribution in [2.75, 3.05) is 13.2 Å². The molecule has 4 heteroatoms. The fourth-order valence-corrected chi connectivity index (χ4v) is 4.17. The zero-order valence-electron chi connectivity index (χ0n) is 11.2. The molecule has 3 rings (SSSR count). The van der Waals surface area contributed by atoms with E-state index in [1.807, 2.05) is 23.3 Å². The van der Waals surface area contributed by atoms with E-state index in [9.17, 15) is 4.79 Å². The lowest BCUT2D eigenvalue weighted by Crippen LogP contribution is -2.45. The molecule has 0 aromatic carbocycles. The zero-order valence-corrected chi connectivity index (χ0v) is 12.0. The highest BCUT2D eigenvalue weighted by Gasteiger charge is 2.47. The second kappa shape index (κ2) is 5.10. The molecule has 0 spiro atoms. The van der Waals surface area contributed by atoms with Crippen molar-refractivity contribution >= 4 is 17.2 Å². The highest BCUT2D eigenvalue weighted by atomic mass is 32.1. The van der Waals surface area contributed by atoms with Crippen molar-refractivity contribution in [3.8, 4) is 0 Å². The molecule has 0 N–H and O–H groups in total. The van der Waals surface area contributed by atoms with Gasteiger partial charge in [-0.15, -0.1) is 17.9 Å². The van der Waals surface area contributed by atoms with Gasteiger partial charge in [-0.25, -0.2) is 0 Å². The number of fused-ring (bicyclic) bond motifs is 2. The zero-order chi connectivity index (χ0) is 13.4. The molecule has 3 nitrogen and oxygen atoms in total. The predicted octanol–water partition coefficient (Wildman–Crippen LogP) is 2.86. The van der Waals surface area contributed by atoms with Crippen LogP contribution in [-0.4, -0.2) is 36.1 Å². The van der Waals surface area contributed by atoms with Crippen LogP contribution in [0.1, 0.15) is 28.1 Å². The summed E-state index contributed by atoms with van der Waals surface area (Å²) in [5.41, 5.74) is 1.08. The Bertz CT molecular complexity index is 496. The number of carbonyl (C=O) groups excluding carboxylic acids is 1. The van der Waals surface area contributed by atoms with Crippen LogP contribution in [0.15, 0.2) is 24.1 Å². The van der Waals surface area contributed by atoms with Crippen molar-refractivity contribution in [1.29, 1.82) is 0 Å². The standard InChI is InChI=1S/C15H19NO2S/c1-3-5-18-13-8-11-7-12(13)16(9-11)15(17)14-10(2)4-6-19-14/h3-4,6,11-13H,1,5,7-9H2,2H3/t11-,12-,13-/m1/s1. The van der Waals surface area contributed by atoms with E-state index < -0.39 is 0 Å². The molecular weight excluding hydrogens is 258 g/mol. The summed E-state index contributed by atoms with van der Waals surface area (Å²) in [4.78, 5) is 15.5. The number of ether oxygens (including phenoxy) is 1. The number of hydrogen-bond acceptors (Lipinski definition) is 3. The van der Waals surface area contributed by atoms with Gasteiger partial charge in [0.1, 0.15) is 0 Å². The smallest absolute Gasteiger partial charge is 0.264 e. The number of likely N-dealkylation sites (tertiary alicyclic amines) is 1. The van der Waals surface area contributed by atoms with Gasteiger partial charge >= 0.3 is 0 Å². The molecule has 1 aromatic heterocycles. The fraction of sp³-hybridized carbons (Fsp3) is 0.533. The average molecular weight is 277 g/mol. The molecule has 19 heavy (non-hydrogen) atoms. The molecule has 2 heterocycles. The van der Waals surface area contributed by atoms with E-state index in [2.05, 4.69) is 6.58 Å².